The van der Waals surface area contributed by atoms with E-state index in [-0.39, 0.29) is 3.95 Å². The Morgan fingerprint density at radius 2 is 1.91 bits per heavy atom. The van der Waals surface area contributed by atoms with Gasteiger partial charge in [-0.1, -0.05) is 53.2 Å². The van der Waals surface area contributed by atoms with Gasteiger partial charge in [0.1, 0.15) is 0 Å². The first-order chi connectivity index (χ1) is 5.17. The van der Waals surface area contributed by atoms with Crippen molar-refractivity contribution in [2.75, 3.05) is 0 Å². The molecule has 0 heterocycles. The lowest BCUT2D eigenvalue weighted by molar-refractivity contribution is 0.833. The van der Waals surface area contributed by atoms with E-state index >= 15 is 0 Å². The fraction of sp³-hybridized carbons (Fsp3) is 0.333. The Bertz CT molecular complexity index is 218. The average Bonchev–Trinajstić information content (AvgIpc) is 2.06. The number of hydrogen-bond acceptors (Lipinski definition) is 0. The summed E-state index contributed by atoms with van der Waals surface area (Å²) in [6.07, 6.45) is 1.17. The van der Waals surface area contributed by atoms with Gasteiger partial charge in [-0.25, -0.2) is 0 Å². The molecule has 1 aromatic carbocycles. The molecule has 1 aromatic rings. The van der Waals surface area contributed by atoms with E-state index in [2.05, 4.69) is 53.2 Å². The Hall–Kier alpha value is -0.0831. The van der Waals surface area contributed by atoms with Gasteiger partial charge in [0.05, 0.1) is 0 Å². The van der Waals surface area contributed by atoms with Crippen LogP contribution in [0.25, 0.3) is 0 Å². The summed E-state index contributed by atoms with van der Waals surface area (Å²) in [4.78, 5) is 0. The van der Waals surface area contributed by atoms with Gasteiger partial charge in [0.15, 0.2) is 0 Å². The molecule has 0 radical (unpaired) electrons. The van der Waals surface area contributed by atoms with E-state index in [1.165, 1.54) is 12.0 Å². The summed E-state index contributed by atoms with van der Waals surface area (Å²) in [5.74, 6) is 0. The van der Waals surface area contributed by atoms with Crippen molar-refractivity contribution >= 4 is 26.2 Å². The van der Waals surface area contributed by atoms with Gasteiger partial charge in [-0.2, -0.15) is 0 Å². The average molecular weight is 229 g/mol. The fourth-order valence-corrected chi connectivity index (χ4v) is 1.59. The third-order valence-corrected chi connectivity index (χ3v) is 4.34. The first kappa shape index (κ1) is 9.01. The third kappa shape index (κ3) is 2.17. The molecule has 0 saturated heterocycles. The summed E-state index contributed by atoms with van der Waals surface area (Å²) in [5, 5.41) is 0. The standard InChI is InChI=1S/C9H13BrSi/c1-2-9(10,11)8-6-4-3-5-7-8/h3-7H,2H2,1,11H3. The second-order valence-corrected chi connectivity index (χ2v) is 7.84. The van der Waals surface area contributed by atoms with Crippen LogP contribution in [0.15, 0.2) is 30.3 Å². The largest absolute Gasteiger partial charge is 0.0849 e. The van der Waals surface area contributed by atoms with Gasteiger partial charge in [-0.3, -0.25) is 0 Å². The molecule has 0 N–H and O–H groups in total. The Balaban J connectivity index is 2.93. The second kappa shape index (κ2) is 3.54. The van der Waals surface area contributed by atoms with E-state index in [9.17, 15) is 0 Å². The van der Waals surface area contributed by atoms with Crippen LogP contribution in [0.4, 0.5) is 0 Å². The molecule has 1 rings (SSSR count). The predicted octanol–water partition coefficient (Wildman–Crippen LogP) is 2.01. The van der Waals surface area contributed by atoms with Gasteiger partial charge in [0, 0.05) is 14.2 Å². The second-order valence-electron chi connectivity index (χ2n) is 2.92. The predicted molar refractivity (Wildman–Crippen MR) is 57.3 cm³/mol. The summed E-state index contributed by atoms with van der Waals surface area (Å²) in [5.41, 5.74) is 1.41. The molecule has 0 aliphatic rings. The number of halogens is 1. The molecule has 0 aliphatic heterocycles. The number of hydrogen-bond donors (Lipinski definition) is 0. The van der Waals surface area contributed by atoms with Crippen LogP contribution in [-0.2, 0) is 3.95 Å². The summed E-state index contributed by atoms with van der Waals surface area (Å²) < 4.78 is 0.286. The van der Waals surface area contributed by atoms with Crippen LogP contribution in [0, 0.1) is 0 Å². The zero-order chi connectivity index (χ0) is 8.32. The normalized spacial score (nSPS) is 16.2. The first-order valence-electron chi connectivity index (χ1n) is 3.91. The van der Waals surface area contributed by atoms with Crippen LogP contribution in [-0.4, -0.2) is 10.2 Å². The highest BCUT2D eigenvalue weighted by Gasteiger charge is 2.18. The number of rotatable bonds is 2. The lowest BCUT2D eigenvalue weighted by Crippen LogP contribution is -2.15. The molecule has 60 valence electrons. The molecule has 0 nitrogen and oxygen atoms in total. The van der Waals surface area contributed by atoms with Gasteiger partial charge in [-0.15, -0.1) is 0 Å². The van der Waals surface area contributed by atoms with Crippen LogP contribution in [0.1, 0.15) is 18.9 Å². The van der Waals surface area contributed by atoms with Crippen LogP contribution in [0.3, 0.4) is 0 Å². The fourth-order valence-electron chi connectivity index (χ4n) is 0.990. The molecule has 2 heteroatoms. The summed E-state index contributed by atoms with van der Waals surface area (Å²) in [7, 11) is 1.15. The van der Waals surface area contributed by atoms with Gasteiger partial charge in [-0.05, 0) is 12.0 Å². The van der Waals surface area contributed by atoms with Gasteiger partial charge < -0.3 is 0 Å². The summed E-state index contributed by atoms with van der Waals surface area (Å²) >= 11 is 3.75. The Labute approximate surface area is 79.6 Å². The van der Waals surface area contributed by atoms with Gasteiger partial charge in [0.2, 0.25) is 0 Å². The van der Waals surface area contributed by atoms with Crippen molar-refractivity contribution in [1.29, 1.82) is 0 Å². The molecular weight excluding hydrogens is 216 g/mol. The molecule has 1 unspecified atom stereocenters. The first-order valence-corrected chi connectivity index (χ1v) is 5.70. The topological polar surface area (TPSA) is 0 Å². The van der Waals surface area contributed by atoms with E-state index in [0.717, 1.165) is 10.2 Å². The molecule has 1 atom stereocenters. The minimum absolute atomic E-state index is 0.286. The maximum Gasteiger partial charge on any atom is 0.0330 e. The van der Waals surface area contributed by atoms with Crippen molar-refractivity contribution in [1.82, 2.24) is 0 Å². The minimum atomic E-state index is 0.286. The van der Waals surface area contributed by atoms with Crippen molar-refractivity contribution in [3.05, 3.63) is 35.9 Å². The highest BCUT2D eigenvalue weighted by molar-refractivity contribution is 9.10. The molecule has 0 amide bonds. The van der Waals surface area contributed by atoms with Crippen molar-refractivity contribution in [3.8, 4) is 0 Å². The van der Waals surface area contributed by atoms with E-state index < -0.39 is 0 Å². The number of alkyl halides is 1. The zero-order valence-corrected chi connectivity index (χ0v) is 10.6. The molecule has 11 heavy (non-hydrogen) atoms. The lowest BCUT2D eigenvalue weighted by atomic mass is 10.1. The molecule has 0 fully saturated rings. The maximum absolute atomic E-state index is 3.75. The van der Waals surface area contributed by atoms with Crippen LogP contribution in [0.2, 0.25) is 0 Å². The highest BCUT2D eigenvalue weighted by Crippen LogP contribution is 2.30. The minimum Gasteiger partial charge on any atom is -0.0849 e. The zero-order valence-electron chi connectivity index (χ0n) is 6.97. The lowest BCUT2D eigenvalue weighted by Gasteiger charge is -2.20. The molecule has 0 aliphatic carbocycles. The van der Waals surface area contributed by atoms with E-state index in [4.69, 9.17) is 0 Å². The monoisotopic (exact) mass is 228 g/mol. The van der Waals surface area contributed by atoms with E-state index in [0.29, 0.717) is 0 Å². The molecule has 0 aromatic heterocycles. The van der Waals surface area contributed by atoms with Crippen molar-refractivity contribution < 1.29 is 0 Å². The van der Waals surface area contributed by atoms with Crippen molar-refractivity contribution in [2.24, 2.45) is 0 Å². The van der Waals surface area contributed by atoms with Crippen LogP contribution < -0.4 is 0 Å². The molecule has 0 bridgehead atoms. The molecule has 0 saturated carbocycles. The van der Waals surface area contributed by atoms with Crippen LogP contribution >= 0.6 is 15.9 Å². The van der Waals surface area contributed by atoms with E-state index in [1.54, 1.807) is 0 Å². The van der Waals surface area contributed by atoms with Crippen molar-refractivity contribution in [3.63, 3.8) is 0 Å². The summed E-state index contributed by atoms with van der Waals surface area (Å²) in [6, 6.07) is 10.6. The van der Waals surface area contributed by atoms with Gasteiger partial charge in [0.25, 0.3) is 0 Å². The summed E-state index contributed by atoms with van der Waals surface area (Å²) in [6.45, 7) is 2.22. The Morgan fingerprint density at radius 1 is 1.36 bits per heavy atom. The Kier molecular flexibility index (Phi) is 2.90. The van der Waals surface area contributed by atoms with Crippen molar-refractivity contribution in [2.45, 2.75) is 17.3 Å². The van der Waals surface area contributed by atoms with Crippen LogP contribution in [0.5, 0.6) is 0 Å². The smallest absolute Gasteiger partial charge is 0.0330 e. The third-order valence-electron chi connectivity index (χ3n) is 2.04. The molecule has 0 spiro atoms. The highest BCUT2D eigenvalue weighted by atomic mass is 79.9. The van der Waals surface area contributed by atoms with Gasteiger partial charge >= 0.3 is 0 Å². The molecular formula is C9H13BrSi. The quantitative estimate of drug-likeness (QED) is 0.537. The Morgan fingerprint density at radius 3 is 2.36 bits per heavy atom. The SMILES string of the molecule is CCC([SiH3])(Br)c1ccccc1. The van der Waals surface area contributed by atoms with E-state index in [1.807, 2.05) is 0 Å². The maximum atomic E-state index is 3.75. The number of benzene rings is 1.